The van der Waals surface area contributed by atoms with Crippen LogP contribution in [-0.2, 0) is 14.3 Å². The molecule has 2 aliphatic heterocycles. The van der Waals surface area contributed by atoms with Crippen molar-refractivity contribution >= 4 is 28.9 Å². The van der Waals surface area contributed by atoms with E-state index in [0.29, 0.717) is 13.1 Å². The number of carbonyl (C=O) groups is 3. The Bertz CT molecular complexity index is 2490. The quantitative estimate of drug-likeness (QED) is 0.132. The van der Waals surface area contributed by atoms with Gasteiger partial charge in [0.15, 0.2) is 0 Å². The van der Waals surface area contributed by atoms with E-state index in [1.807, 2.05) is 75.0 Å². The smallest absolute Gasteiger partial charge is 0.410 e. The van der Waals surface area contributed by atoms with Crippen molar-refractivity contribution in [1.29, 1.82) is 0 Å². The van der Waals surface area contributed by atoms with Gasteiger partial charge in [0.25, 0.3) is 0 Å². The fourth-order valence-electron chi connectivity index (χ4n) is 8.52. The lowest BCUT2D eigenvalue weighted by Gasteiger charge is -2.30. The van der Waals surface area contributed by atoms with Crippen molar-refractivity contribution in [2.75, 3.05) is 20.2 Å². The number of ether oxygens (including phenoxy) is 2. The lowest BCUT2D eigenvalue weighted by molar-refractivity contribution is -0.135. The van der Waals surface area contributed by atoms with E-state index in [1.54, 1.807) is 0 Å². The van der Waals surface area contributed by atoms with Crippen molar-refractivity contribution in [3.63, 3.8) is 0 Å². The minimum Gasteiger partial charge on any atom is -0.453 e. The van der Waals surface area contributed by atoms with Gasteiger partial charge in [0.2, 0.25) is 5.91 Å². The number of hydrogen-bond donors (Lipinski definition) is 3. The Balaban J connectivity index is 0.959. The zero-order valence-corrected chi connectivity index (χ0v) is 35.1. The second-order valence-corrected chi connectivity index (χ2v) is 17.3. The first kappa shape index (κ1) is 40.4. The largest absolute Gasteiger partial charge is 0.453 e. The lowest BCUT2D eigenvalue weighted by atomic mass is 9.96. The van der Waals surface area contributed by atoms with Gasteiger partial charge in [-0.1, -0.05) is 92.7 Å². The van der Waals surface area contributed by atoms with Gasteiger partial charge < -0.3 is 29.7 Å². The monoisotopic (exact) mass is 807 g/mol. The number of likely N-dealkylation sites (tertiary alicyclic amines) is 2. The third kappa shape index (κ3) is 8.50. The molecule has 0 aliphatic carbocycles. The molecule has 0 radical (unpaired) electrons. The summed E-state index contributed by atoms with van der Waals surface area (Å²) in [5, 5.41) is 4.92. The van der Waals surface area contributed by atoms with Crippen LogP contribution in [0.3, 0.4) is 0 Å². The summed E-state index contributed by atoms with van der Waals surface area (Å²) in [5.41, 5.74) is 6.58. The number of H-pyrrole nitrogens is 2. The lowest BCUT2D eigenvalue weighted by Crippen LogP contribution is -2.51. The first-order chi connectivity index (χ1) is 28.8. The Morgan fingerprint density at radius 3 is 2.02 bits per heavy atom. The van der Waals surface area contributed by atoms with Crippen LogP contribution in [0.25, 0.3) is 44.4 Å². The van der Waals surface area contributed by atoms with Gasteiger partial charge in [0.1, 0.15) is 23.3 Å². The third-order valence-electron chi connectivity index (χ3n) is 11.6. The summed E-state index contributed by atoms with van der Waals surface area (Å²) in [6.45, 7) is 10.7. The molecule has 1 unspecified atom stereocenters. The summed E-state index contributed by atoms with van der Waals surface area (Å²) >= 11 is 0. The van der Waals surface area contributed by atoms with E-state index < -0.39 is 17.7 Å². The second kappa shape index (κ2) is 16.7. The van der Waals surface area contributed by atoms with Crippen molar-refractivity contribution in [1.82, 2.24) is 35.1 Å². The first-order valence-electron chi connectivity index (χ1n) is 20.8. The highest BCUT2D eigenvalue weighted by atomic mass is 16.6. The maximum absolute atomic E-state index is 13.6. The Hall–Kier alpha value is -6.43. The summed E-state index contributed by atoms with van der Waals surface area (Å²) in [6.07, 6.45) is 5.12. The van der Waals surface area contributed by atoms with Gasteiger partial charge in [0, 0.05) is 24.6 Å². The summed E-state index contributed by atoms with van der Waals surface area (Å²) in [5.74, 6) is 1.43. The molecule has 0 spiro atoms. The molecular weight excluding hydrogens is 755 g/mol. The van der Waals surface area contributed by atoms with Crippen LogP contribution in [0.15, 0.2) is 103 Å². The van der Waals surface area contributed by atoms with E-state index in [4.69, 9.17) is 19.4 Å². The van der Waals surface area contributed by atoms with Crippen molar-refractivity contribution in [3.05, 3.63) is 121 Å². The van der Waals surface area contributed by atoms with Gasteiger partial charge in [-0.3, -0.25) is 9.69 Å². The van der Waals surface area contributed by atoms with Gasteiger partial charge >= 0.3 is 12.2 Å². The number of aromatic nitrogens is 4. The Morgan fingerprint density at radius 1 is 0.767 bits per heavy atom. The number of methoxy groups -OCH3 is 1. The molecule has 4 aromatic carbocycles. The summed E-state index contributed by atoms with van der Waals surface area (Å²) in [7, 11) is 1.30. The highest BCUT2D eigenvalue weighted by Crippen LogP contribution is 2.41. The molecule has 0 saturated carbocycles. The molecule has 6 aromatic rings. The standard InChI is InChI=1S/C48H53N7O5/c1-29(2)42(53-46(57)59-6)45(56)54-22-10-13-40(54)43-49-27-39(52-43)36-21-20-34-23-33(18-19-35(34)24-36)31-14-16-32(17-15-31)38-26-50-44(51-38)41-25-37(30-11-8-7-9-12-30)28-55(41)47(58)60-48(3,4)5/h7-9,11-12,14-21,23-24,26-27,29,37,40-42H,10,13,22,25,28H2,1-6H3,(H,49,52)(H,50,51)(H,53,57)/t37?,40-,41-,42-/m0/s1. The Morgan fingerprint density at radius 2 is 1.37 bits per heavy atom. The zero-order chi connectivity index (χ0) is 42.1. The van der Waals surface area contributed by atoms with E-state index in [1.165, 1.54) is 12.7 Å². The predicted octanol–water partition coefficient (Wildman–Crippen LogP) is 9.80. The van der Waals surface area contributed by atoms with E-state index >= 15 is 0 Å². The Kier molecular flexibility index (Phi) is 11.2. The highest BCUT2D eigenvalue weighted by Gasteiger charge is 2.41. The number of hydrogen-bond acceptors (Lipinski definition) is 7. The van der Waals surface area contributed by atoms with Gasteiger partial charge in [-0.2, -0.15) is 0 Å². The molecule has 3 N–H and O–H groups in total. The van der Waals surface area contributed by atoms with Gasteiger partial charge in [0.05, 0.1) is 43.0 Å². The van der Waals surface area contributed by atoms with Crippen molar-refractivity contribution in [3.8, 4) is 33.6 Å². The van der Waals surface area contributed by atoms with Gasteiger partial charge in [-0.05, 0) is 91.1 Å². The number of nitrogens with zero attached hydrogens (tertiary/aromatic N) is 4. The van der Waals surface area contributed by atoms with Gasteiger partial charge in [-0.25, -0.2) is 19.6 Å². The first-order valence-corrected chi connectivity index (χ1v) is 20.8. The molecule has 4 heterocycles. The molecule has 310 valence electrons. The van der Waals surface area contributed by atoms with Crippen molar-refractivity contribution < 1.29 is 23.9 Å². The van der Waals surface area contributed by atoms with E-state index in [9.17, 15) is 14.4 Å². The molecule has 60 heavy (non-hydrogen) atoms. The maximum atomic E-state index is 13.6. The van der Waals surface area contributed by atoms with Crippen LogP contribution in [0.4, 0.5) is 9.59 Å². The van der Waals surface area contributed by atoms with Crippen LogP contribution in [0.5, 0.6) is 0 Å². The SMILES string of the molecule is COC(=O)N[C@H](C(=O)N1CCC[C@H]1c1ncc(-c2ccc3cc(-c4ccc(-c5cnc([C@@H]6CC(c7ccccc7)CN6C(=O)OC(C)(C)C)[nH]5)cc4)ccc3c2)[nH]1)C(C)C. The minimum absolute atomic E-state index is 0.101. The number of fused-ring (bicyclic) bond motifs is 1. The molecule has 12 nitrogen and oxygen atoms in total. The molecule has 2 saturated heterocycles. The number of benzene rings is 4. The molecule has 0 bridgehead atoms. The molecule has 2 fully saturated rings. The number of carbonyl (C=O) groups excluding carboxylic acids is 3. The topological polar surface area (TPSA) is 146 Å². The van der Waals surface area contributed by atoms with Crippen molar-refractivity contribution in [2.24, 2.45) is 5.92 Å². The number of rotatable bonds is 9. The summed E-state index contributed by atoms with van der Waals surface area (Å²) in [6, 6.07) is 30.5. The zero-order valence-electron chi connectivity index (χ0n) is 35.1. The Labute approximate surface area is 350 Å². The van der Waals surface area contributed by atoms with Gasteiger partial charge in [-0.15, -0.1) is 0 Å². The van der Waals surface area contributed by atoms with Crippen LogP contribution < -0.4 is 5.32 Å². The molecule has 2 aromatic heterocycles. The fourth-order valence-corrected chi connectivity index (χ4v) is 8.52. The van der Waals surface area contributed by atoms with Crippen LogP contribution >= 0.6 is 0 Å². The molecule has 8 rings (SSSR count). The van der Waals surface area contributed by atoms with E-state index in [2.05, 4.69) is 88.1 Å². The molecule has 2 aliphatic rings. The number of alkyl carbamates (subject to hydrolysis) is 1. The highest BCUT2D eigenvalue weighted by molar-refractivity contribution is 5.91. The fraction of sp³-hybridized carbons (Fsp3) is 0.354. The van der Waals surface area contributed by atoms with Crippen molar-refractivity contribution in [2.45, 2.75) is 83.5 Å². The van der Waals surface area contributed by atoms with Crippen LogP contribution in [0, 0.1) is 5.92 Å². The van der Waals surface area contributed by atoms with Crippen LogP contribution in [0.1, 0.15) is 89.1 Å². The average Bonchev–Trinajstić information content (AvgIpc) is 4.08. The maximum Gasteiger partial charge on any atom is 0.410 e. The van der Waals surface area contributed by atoms with Crippen LogP contribution in [0.2, 0.25) is 0 Å². The molecule has 3 amide bonds. The molecule has 4 atom stereocenters. The normalized spacial score (nSPS) is 18.6. The number of amides is 3. The van der Waals surface area contributed by atoms with Crippen LogP contribution in [-0.4, -0.2) is 79.7 Å². The molecule has 12 heteroatoms. The molecular formula is C48H53N7O5. The summed E-state index contributed by atoms with van der Waals surface area (Å²) in [4.78, 5) is 59.2. The average molecular weight is 808 g/mol. The third-order valence-corrected chi connectivity index (χ3v) is 11.6. The number of aromatic amines is 2. The second-order valence-electron chi connectivity index (χ2n) is 17.3. The number of nitrogens with one attached hydrogen (secondary N) is 3. The number of imidazole rings is 2. The van der Waals surface area contributed by atoms with E-state index in [-0.39, 0.29) is 35.9 Å². The summed E-state index contributed by atoms with van der Waals surface area (Å²) < 4.78 is 10.6. The predicted molar refractivity (Wildman–Crippen MR) is 232 cm³/mol. The minimum atomic E-state index is -0.684. The van der Waals surface area contributed by atoms with E-state index in [0.717, 1.165) is 75.3 Å².